The first-order valence-electron chi connectivity index (χ1n) is 3.19. The minimum Gasteiger partial charge on any atom is -0.373 e. The summed E-state index contributed by atoms with van der Waals surface area (Å²) in [6, 6.07) is -2.52. The van der Waals surface area contributed by atoms with Gasteiger partial charge in [0.05, 0.1) is 5.57 Å². The van der Waals surface area contributed by atoms with Crippen molar-refractivity contribution in [2.75, 3.05) is 0 Å². The van der Waals surface area contributed by atoms with Crippen molar-refractivity contribution in [3.8, 4) is 0 Å². The third kappa shape index (κ3) is 1.78. The minimum absolute atomic E-state index is 0.408. The second-order valence-corrected chi connectivity index (χ2v) is 2.41. The van der Waals surface area contributed by atoms with E-state index >= 15 is 0 Å². The maximum atomic E-state index is 11.9. The fourth-order valence-corrected chi connectivity index (χ4v) is 0.900. The Morgan fingerprint density at radius 1 is 1.38 bits per heavy atom. The number of Topliss-reactive ketones (excluding diaryl/α,β-unsaturated/α-hetero) is 1. The van der Waals surface area contributed by atoms with Crippen LogP contribution in [0.15, 0.2) is 11.8 Å². The van der Waals surface area contributed by atoms with Crippen molar-refractivity contribution in [1.29, 1.82) is 0 Å². The van der Waals surface area contributed by atoms with Crippen molar-refractivity contribution in [3.05, 3.63) is 11.8 Å². The zero-order valence-corrected chi connectivity index (χ0v) is 6.03. The quantitative estimate of drug-likeness (QED) is 0.646. The molecule has 1 aliphatic heterocycles. The number of carbonyl (C=O) groups excluding carboxylic acids is 1. The van der Waals surface area contributed by atoms with Crippen LogP contribution in [0, 0.1) is 0 Å². The van der Waals surface area contributed by atoms with Crippen LogP contribution < -0.4 is 5.32 Å². The van der Waals surface area contributed by atoms with E-state index in [4.69, 9.17) is 0 Å². The van der Waals surface area contributed by atoms with Crippen molar-refractivity contribution in [2.24, 2.45) is 0 Å². The summed E-state index contributed by atoms with van der Waals surface area (Å²) >= 11 is 0. The zero-order chi connectivity index (χ0) is 10.2. The third-order valence-electron chi connectivity index (χ3n) is 1.51. The Kier molecular flexibility index (Phi) is 2.27. The maximum Gasteiger partial charge on any atom is 0.416 e. The van der Waals surface area contributed by atoms with Crippen LogP contribution in [0.2, 0.25) is 0 Å². The monoisotopic (exact) mass is 201 g/mol. The molecule has 1 aliphatic rings. The molecule has 0 aliphatic carbocycles. The molecular formula is C6H4F5NO. The number of halogens is 5. The van der Waals surface area contributed by atoms with E-state index in [-0.39, 0.29) is 0 Å². The standard InChI is InChI=1S/C6H4F5NO/c7-5(8)2-1-12-4(3(2)13)6(9,10)11/h1,4-5,12H. The van der Waals surface area contributed by atoms with Gasteiger partial charge in [-0.15, -0.1) is 0 Å². The molecule has 1 rings (SSSR count). The van der Waals surface area contributed by atoms with E-state index in [9.17, 15) is 26.7 Å². The molecule has 0 saturated heterocycles. The summed E-state index contributed by atoms with van der Waals surface area (Å²) in [5.74, 6) is -1.61. The molecule has 1 atom stereocenters. The van der Waals surface area contributed by atoms with Gasteiger partial charge in [-0.2, -0.15) is 13.2 Å². The molecule has 0 aromatic heterocycles. The van der Waals surface area contributed by atoms with Gasteiger partial charge < -0.3 is 5.32 Å². The fourth-order valence-electron chi connectivity index (χ4n) is 0.900. The molecule has 0 saturated carbocycles. The largest absolute Gasteiger partial charge is 0.416 e. The molecule has 1 N–H and O–H groups in total. The van der Waals surface area contributed by atoms with Crippen LogP contribution in [-0.4, -0.2) is 24.4 Å². The van der Waals surface area contributed by atoms with E-state index < -0.39 is 30.0 Å². The zero-order valence-electron chi connectivity index (χ0n) is 6.03. The Morgan fingerprint density at radius 2 is 1.92 bits per heavy atom. The molecule has 13 heavy (non-hydrogen) atoms. The Morgan fingerprint density at radius 3 is 2.15 bits per heavy atom. The summed E-state index contributed by atoms with van der Waals surface area (Å²) in [6.07, 6.45) is -7.60. The van der Waals surface area contributed by atoms with Gasteiger partial charge in [0.1, 0.15) is 0 Å². The first kappa shape index (κ1) is 9.94. The van der Waals surface area contributed by atoms with Gasteiger partial charge in [-0.25, -0.2) is 8.78 Å². The molecule has 7 heteroatoms. The predicted molar refractivity (Wildman–Crippen MR) is 32.1 cm³/mol. The Hall–Kier alpha value is -1.14. The lowest BCUT2D eigenvalue weighted by Gasteiger charge is -2.13. The minimum atomic E-state index is -4.83. The number of carbonyl (C=O) groups is 1. The van der Waals surface area contributed by atoms with Gasteiger partial charge in [0, 0.05) is 6.20 Å². The summed E-state index contributed by atoms with van der Waals surface area (Å²) < 4.78 is 59.4. The van der Waals surface area contributed by atoms with Crippen LogP contribution in [0.25, 0.3) is 0 Å². The molecule has 0 bridgehead atoms. The highest BCUT2D eigenvalue weighted by molar-refractivity contribution is 6.02. The SMILES string of the molecule is O=C1C(C(F)F)=CNC1C(F)(F)F. The van der Waals surface area contributed by atoms with Crippen molar-refractivity contribution >= 4 is 5.78 Å². The molecule has 0 radical (unpaired) electrons. The normalized spacial score (nSPS) is 23.4. The first-order valence-corrected chi connectivity index (χ1v) is 3.19. The van der Waals surface area contributed by atoms with E-state index in [1.54, 1.807) is 5.32 Å². The Labute approximate surface area is 69.4 Å². The number of rotatable bonds is 1. The molecule has 2 nitrogen and oxygen atoms in total. The van der Waals surface area contributed by atoms with Crippen LogP contribution in [0.1, 0.15) is 0 Å². The average molecular weight is 201 g/mol. The molecule has 1 unspecified atom stereocenters. The van der Waals surface area contributed by atoms with Crippen molar-refractivity contribution < 1.29 is 26.7 Å². The third-order valence-corrected chi connectivity index (χ3v) is 1.51. The number of hydrogen-bond donors (Lipinski definition) is 1. The van der Waals surface area contributed by atoms with Crippen LogP contribution >= 0.6 is 0 Å². The van der Waals surface area contributed by atoms with Gasteiger partial charge in [-0.1, -0.05) is 0 Å². The smallest absolute Gasteiger partial charge is 0.373 e. The predicted octanol–water partition coefficient (Wildman–Crippen LogP) is 1.24. The highest BCUT2D eigenvalue weighted by Gasteiger charge is 2.49. The lowest BCUT2D eigenvalue weighted by Crippen LogP contribution is -2.42. The number of ketones is 1. The van der Waals surface area contributed by atoms with E-state index in [1.807, 2.05) is 0 Å². The molecule has 0 amide bonds. The Balaban J connectivity index is 2.79. The lowest BCUT2D eigenvalue weighted by molar-refractivity contribution is -0.161. The van der Waals surface area contributed by atoms with E-state index in [1.165, 1.54) is 0 Å². The van der Waals surface area contributed by atoms with E-state index in [2.05, 4.69) is 0 Å². The summed E-state index contributed by atoms with van der Waals surface area (Å²) in [6.45, 7) is 0. The van der Waals surface area contributed by atoms with Crippen molar-refractivity contribution in [1.82, 2.24) is 5.32 Å². The van der Waals surface area contributed by atoms with Gasteiger partial charge in [0.15, 0.2) is 11.8 Å². The van der Waals surface area contributed by atoms with E-state index in [0.29, 0.717) is 6.20 Å². The molecule has 0 aromatic rings. The topological polar surface area (TPSA) is 29.1 Å². The van der Waals surface area contributed by atoms with Crippen LogP contribution in [0.4, 0.5) is 22.0 Å². The maximum absolute atomic E-state index is 11.9. The lowest BCUT2D eigenvalue weighted by atomic mass is 10.1. The van der Waals surface area contributed by atoms with Crippen LogP contribution in [0.5, 0.6) is 0 Å². The van der Waals surface area contributed by atoms with Crippen LogP contribution in [-0.2, 0) is 4.79 Å². The second-order valence-electron chi connectivity index (χ2n) is 2.41. The van der Waals surface area contributed by atoms with Gasteiger partial charge >= 0.3 is 6.18 Å². The number of alkyl halides is 5. The highest BCUT2D eigenvalue weighted by atomic mass is 19.4. The second kappa shape index (κ2) is 2.97. The van der Waals surface area contributed by atoms with Crippen LogP contribution in [0.3, 0.4) is 0 Å². The van der Waals surface area contributed by atoms with Gasteiger partial charge in [0.25, 0.3) is 6.43 Å². The number of nitrogens with one attached hydrogen (secondary N) is 1. The molecule has 0 fully saturated rings. The summed E-state index contributed by atoms with van der Waals surface area (Å²) in [5.41, 5.74) is -1.12. The Bertz CT molecular complexity index is 256. The molecule has 1 heterocycles. The van der Waals surface area contributed by atoms with Crippen molar-refractivity contribution in [3.63, 3.8) is 0 Å². The summed E-state index contributed by atoms with van der Waals surface area (Å²) in [5, 5.41) is 1.56. The van der Waals surface area contributed by atoms with Crippen molar-refractivity contribution in [2.45, 2.75) is 18.6 Å². The van der Waals surface area contributed by atoms with Gasteiger partial charge in [-0.05, 0) is 0 Å². The number of hydrogen-bond acceptors (Lipinski definition) is 2. The fraction of sp³-hybridized carbons (Fsp3) is 0.500. The van der Waals surface area contributed by atoms with Gasteiger partial charge in [-0.3, -0.25) is 4.79 Å². The summed E-state index contributed by atoms with van der Waals surface area (Å²) in [4.78, 5) is 10.7. The average Bonchev–Trinajstić information content (AvgIpc) is 2.28. The molecule has 0 aromatic carbocycles. The summed E-state index contributed by atoms with van der Waals surface area (Å²) in [7, 11) is 0. The van der Waals surface area contributed by atoms with E-state index in [0.717, 1.165) is 0 Å². The van der Waals surface area contributed by atoms with Gasteiger partial charge in [0.2, 0.25) is 0 Å². The molecule has 0 spiro atoms. The highest BCUT2D eigenvalue weighted by Crippen LogP contribution is 2.27. The first-order chi connectivity index (χ1) is 5.84. The molecule has 74 valence electrons. The molecular weight excluding hydrogens is 197 g/mol.